The number of carboxylic acids is 2. The number of hydrazine groups is 2. The van der Waals surface area contributed by atoms with Crippen molar-refractivity contribution in [3.8, 4) is 0 Å². The molecule has 0 spiro atoms. The lowest BCUT2D eigenvalue weighted by Gasteiger charge is -2.25. The number of nitrogen functional groups attached to an aromatic ring is 1. The summed E-state index contributed by atoms with van der Waals surface area (Å²) in [4.78, 5) is 85.9. The number of anilines is 5. The number of nitrogens with zero attached hydrogens (tertiary/aromatic N) is 2. The number of carbonyl (C=O) groups is 7. The molecule has 6 aromatic rings. The molecule has 0 saturated carbocycles. The molecule has 22 heteroatoms. The second-order valence-corrected chi connectivity index (χ2v) is 23.2. The lowest BCUT2D eigenvalue weighted by Crippen LogP contribution is -2.57. The summed E-state index contributed by atoms with van der Waals surface area (Å²) < 4.78 is 15.4. The first-order chi connectivity index (χ1) is 40.8. The maximum atomic E-state index is 12.6. The van der Waals surface area contributed by atoms with E-state index in [9.17, 15) is 38.7 Å². The average molecular weight is 1220 g/mol. The van der Waals surface area contributed by atoms with E-state index in [1.807, 2.05) is 196 Å². The van der Waals surface area contributed by atoms with Crippen molar-refractivity contribution in [2.45, 2.75) is 114 Å². The van der Waals surface area contributed by atoms with Crippen molar-refractivity contribution >= 4 is 87.7 Å². The van der Waals surface area contributed by atoms with Crippen molar-refractivity contribution in [1.82, 2.24) is 16.2 Å². The van der Waals surface area contributed by atoms with Crippen molar-refractivity contribution in [1.29, 1.82) is 0 Å². The molecule has 0 saturated heterocycles. The van der Waals surface area contributed by atoms with Gasteiger partial charge in [0.15, 0.2) is 5.78 Å². The highest BCUT2D eigenvalue weighted by molar-refractivity contribution is 6.15. The molecule has 6 aromatic carbocycles. The van der Waals surface area contributed by atoms with Crippen LogP contribution in [0.4, 0.5) is 42.8 Å². The summed E-state index contributed by atoms with van der Waals surface area (Å²) >= 11 is 4.64. The standard InChI is InChI=1S/C21H23N3O3.C16H16N4O4.C11H15NO2.C11H15NO.C5H10O2.CH3Cl/c1-21(2,3)17-15-11-7-8-12-16(15)22-19(25)18(23-17)24-20(26)27-13-14-9-5-4-6-10-14;21-15(22)14(20-13-9-5-4-8-12(13)18-19-20)17-16(23)24-10-11-6-2-1-3-7-11;1-11(2,3)14-10(13)12-9-7-5-4-6-8-9;1-11(2,3)10(13)8-6-4-5-7-9(8)12;1-5(2,3)4(6)7;1-2/h4-12,18H,13H2,1-3H3,(H,22,25)(H,24,26);1-9,14,18-19H,10H2,(H,17,23)(H,21,22);4-8H,1-3H3,(H,12,13);4-7H,12H2,1-3H3;1-3H3,(H,6,7);1H3. The van der Waals surface area contributed by atoms with E-state index in [0.717, 1.165) is 28.1 Å². The Morgan fingerprint density at radius 3 is 1.59 bits per heavy atom. The largest absolute Gasteiger partial charge is 0.481 e. The van der Waals surface area contributed by atoms with Crippen molar-refractivity contribution in [2.24, 2.45) is 21.2 Å². The van der Waals surface area contributed by atoms with Crippen LogP contribution in [0.15, 0.2) is 169 Å². The Balaban J connectivity index is 0.000000300. The molecule has 2 aliphatic rings. The summed E-state index contributed by atoms with van der Waals surface area (Å²) in [6.07, 6.45) is -2.86. The van der Waals surface area contributed by atoms with Crippen LogP contribution in [-0.2, 0) is 41.8 Å². The zero-order chi connectivity index (χ0) is 65.1. The van der Waals surface area contributed by atoms with Gasteiger partial charge in [0.2, 0.25) is 12.3 Å². The number of nitrogens with two attached hydrogens (primary N) is 1. The van der Waals surface area contributed by atoms with E-state index in [2.05, 4.69) is 48.8 Å². The Bertz CT molecular complexity index is 3230. The molecule has 10 N–H and O–H groups in total. The van der Waals surface area contributed by atoms with Crippen LogP contribution in [-0.4, -0.2) is 82.1 Å². The molecule has 0 bridgehead atoms. The van der Waals surface area contributed by atoms with Crippen LogP contribution in [0.2, 0.25) is 0 Å². The van der Waals surface area contributed by atoms with Gasteiger partial charge in [-0.2, -0.15) is 0 Å². The third kappa shape index (κ3) is 25.3. The summed E-state index contributed by atoms with van der Waals surface area (Å²) in [5, 5.41) is 29.3. The highest BCUT2D eigenvalue weighted by Gasteiger charge is 2.34. The SMILES string of the molecule is CC(C)(C)C(=O)O.CC(C)(C)C(=O)c1ccccc1N.CC(C)(C)C1=NC(NC(=O)OCc2ccccc2)C(=O)Nc2ccccc21.CC(C)(C)OC(=O)Nc1ccccc1.CCl.O=C(NC(C(=O)O)N1NNc2ccccc21)OCc1ccccc1. The highest BCUT2D eigenvalue weighted by Crippen LogP contribution is 2.31. The number of aliphatic imine (C=N–C) groups is 1. The quantitative estimate of drug-likeness (QED) is 0.0266. The first-order valence-corrected chi connectivity index (χ1v) is 28.2. The number of carbonyl (C=O) groups excluding carboxylic acids is 5. The lowest BCUT2D eigenvalue weighted by molar-refractivity contribution is -0.146. The fourth-order valence-electron chi connectivity index (χ4n) is 7.17. The van der Waals surface area contributed by atoms with E-state index in [1.165, 1.54) is 11.4 Å². The number of alkyl carbamates (subject to hydrolysis) is 2. The van der Waals surface area contributed by atoms with Gasteiger partial charge in [0.05, 0.1) is 22.5 Å². The zero-order valence-electron chi connectivity index (χ0n) is 51.5. The number of ether oxygens (including phenoxy) is 3. The fraction of sp³-hybridized carbons (Fsp3) is 0.323. The Morgan fingerprint density at radius 2 is 1.09 bits per heavy atom. The molecule has 2 aliphatic heterocycles. The minimum Gasteiger partial charge on any atom is -0.481 e. The van der Waals surface area contributed by atoms with Crippen LogP contribution in [0.3, 0.4) is 0 Å². The number of alkyl halides is 1. The Hall–Kier alpha value is -9.47. The fourth-order valence-corrected chi connectivity index (χ4v) is 7.17. The number of benzodiazepines with no additional fused rings is 1. The molecular formula is C65H82ClN9O12. The first kappa shape index (κ1) is 71.8. The molecule has 21 nitrogen and oxygen atoms in total. The maximum absolute atomic E-state index is 12.6. The molecular weight excluding hydrogens is 1130 g/mol. The monoisotopic (exact) mass is 1220 g/mol. The number of para-hydroxylation sites is 5. The highest BCUT2D eigenvalue weighted by atomic mass is 35.5. The number of benzene rings is 6. The molecule has 0 aromatic heterocycles. The smallest absolute Gasteiger partial charge is 0.412 e. The molecule has 0 fully saturated rings. The van der Waals surface area contributed by atoms with Gasteiger partial charge < -0.3 is 40.9 Å². The van der Waals surface area contributed by atoms with Gasteiger partial charge in [0.1, 0.15) is 18.8 Å². The van der Waals surface area contributed by atoms with Gasteiger partial charge in [-0.15, -0.1) is 17.1 Å². The maximum Gasteiger partial charge on any atom is 0.412 e. The lowest BCUT2D eigenvalue weighted by atomic mass is 9.85. The van der Waals surface area contributed by atoms with Crippen LogP contribution in [0.25, 0.3) is 0 Å². The number of carboxylic acid groups (broad SMARTS) is 2. The molecule has 8 rings (SSSR count). The number of hydrogen-bond acceptors (Lipinski definition) is 15. The predicted octanol–water partition coefficient (Wildman–Crippen LogP) is 12.9. The second-order valence-electron chi connectivity index (χ2n) is 23.2. The van der Waals surface area contributed by atoms with E-state index < -0.39 is 59.5 Å². The van der Waals surface area contributed by atoms with Gasteiger partial charge in [-0.3, -0.25) is 40.3 Å². The number of nitrogens with one attached hydrogen (secondary N) is 6. The van der Waals surface area contributed by atoms with Gasteiger partial charge in [0.25, 0.3) is 5.91 Å². The Kier molecular flexibility index (Phi) is 28.0. The summed E-state index contributed by atoms with van der Waals surface area (Å²) in [5.74, 6) is -2.30. The number of ketones is 1. The zero-order valence-corrected chi connectivity index (χ0v) is 52.2. The summed E-state index contributed by atoms with van der Waals surface area (Å²) in [6.45, 7) is 22.4. The van der Waals surface area contributed by atoms with E-state index in [-0.39, 0.29) is 29.8 Å². The predicted molar refractivity (Wildman–Crippen MR) is 341 cm³/mol. The van der Waals surface area contributed by atoms with Gasteiger partial charge >= 0.3 is 30.2 Å². The van der Waals surface area contributed by atoms with Crippen LogP contribution in [0, 0.1) is 16.2 Å². The second kappa shape index (κ2) is 33.9. The number of halogens is 1. The molecule has 2 unspecified atom stereocenters. The number of aliphatic carboxylic acids is 2. The topological polar surface area (TPSA) is 301 Å². The third-order valence-electron chi connectivity index (χ3n) is 11.5. The first-order valence-electron chi connectivity index (χ1n) is 27.4. The molecule has 466 valence electrons. The van der Waals surface area contributed by atoms with Gasteiger partial charge in [-0.1, -0.05) is 163 Å². The van der Waals surface area contributed by atoms with Gasteiger partial charge in [0, 0.05) is 45.4 Å². The summed E-state index contributed by atoms with van der Waals surface area (Å²) in [7, 11) is 0. The number of rotatable bonds is 10. The molecule has 87 heavy (non-hydrogen) atoms. The molecule has 0 aliphatic carbocycles. The van der Waals surface area contributed by atoms with Crippen LogP contribution in [0.5, 0.6) is 0 Å². The van der Waals surface area contributed by atoms with E-state index in [1.54, 1.807) is 51.1 Å². The number of hydrogen-bond donors (Lipinski definition) is 9. The number of amides is 4. The van der Waals surface area contributed by atoms with Crippen molar-refractivity contribution in [2.75, 3.05) is 33.2 Å². The third-order valence-corrected chi connectivity index (χ3v) is 11.5. The van der Waals surface area contributed by atoms with Gasteiger partial charge in [-0.05, 0) is 95.1 Å². The van der Waals surface area contributed by atoms with Crippen molar-refractivity contribution in [3.05, 3.63) is 186 Å². The van der Waals surface area contributed by atoms with Crippen molar-refractivity contribution in [3.63, 3.8) is 0 Å². The van der Waals surface area contributed by atoms with E-state index in [0.29, 0.717) is 28.3 Å². The minimum absolute atomic E-state index is 0.0568. The Morgan fingerprint density at radius 1 is 0.621 bits per heavy atom. The Labute approximate surface area is 514 Å². The van der Waals surface area contributed by atoms with Crippen LogP contribution >= 0.6 is 11.6 Å². The molecule has 2 heterocycles. The number of Topliss-reactive ketones (excluding diaryl/α,β-unsaturated/α-hetero) is 1. The average Bonchev–Trinajstić information content (AvgIpc) is 2.19. The van der Waals surface area contributed by atoms with E-state index in [4.69, 9.17) is 25.1 Å². The summed E-state index contributed by atoms with van der Waals surface area (Å²) in [5.41, 5.74) is 16.7. The van der Waals surface area contributed by atoms with Gasteiger partial charge in [-0.25, -0.2) is 19.2 Å². The van der Waals surface area contributed by atoms with Crippen molar-refractivity contribution < 1.29 is 58.0 Å². The van der Waals surface area contributed by atoms with E-state index >= 15 is 0 Å². The van der Waals surface area contributed by atoms with Crippen LogP contribution in [0.1, 0.15) is 110 Å². The molecule has 4 amide bonds. The molecule has 0 radical (unpaired) electrons. The normalized spacial score (nSPS) is 13.3. The minimum atomic E-state index is -1.33. The molecule has 2 atom stereocenters. The summed E-state index contributed by atoms with van der Waals surface area (Å²) in [6, 6.07) is 49.4. The number of fused-ring (bicyclic) bond motifs is 2. The van der Waals surface area contributed by atoms with Crippen LogP contribution < -0.4 is 43.0 Å².